The smallest absolute Gasteiger partial charge is 0.183 e. The van der Waals surface area contributed by atoms with Crippen LogP contribution >= 0.6 is 22.7 Å². The number of anilines is 1. The van der Waals surface area contributed by atoms with Crippen molar-refractivity contribution in [1.29, 1.82) is 0 Å². The molecule has 0 radical (unpaired) electrons. The standard InChI is InChI=1S/C9H11N3S2/c1-6-3-10-9(14-6)11-4-8-5-13-7(2)12-8/h3,5H,4H2,1-2H3,(H,10,11). The molecule has 1 N–H and O–H groups in total. The van der Waals surface area contributed by atoms with Crippen LogP contribution in [-0.4, -0.2) is 9.97 Å². The molecule has 2 rings (SSSR count). The summed E-state index contributed by atoms with van der Waals surface area (Å²) in [6.45, 7) is 4.83. The van der Waals surface area contributed by atoms with Gasteiger partial charge in [0, 0.05) is 16.5 Å². The Kier molecular flexibility index (Phi) is 2.79. The zero-order valence-corrected chi connectivity index (χ0v) is 9.71. The first-order chi connectivity index (χ1) is 6.74. The van der Waals surface area contributed by atoms with Gasteiger partial charge in [0.25, 0.3) is 0 Å². The van der Waals surface area contributed by atoms with Gasteiger partial charge in [-0.2, -0.15) is 0 Å². The molecule has 0 saturated carbocycles. The van der Waals surface area contributed by atoms with Crippen LogP contribution in [0.1, 0.15) is 15.6 Å². The van der Waals surface area contributed by atoms with Crippen LogP contribution in [0, 0.1) is 13.8 Å². The van der Waals surface area contributed by atoms with Gasteiger partial charge in [-0.1, -0.05) is 0 Å². The molecule has 0 aliphatic carbocycles. The van der Waals surface area contributed by atoms with Crippen molar-refractivity contribution in [3.63, 3.8) is 0 Å². The van der Waals surface area contributed by atoms with Gasteiger partial charge in [-0.05, 0) is 13.8 Å². The second kappa shape index (κ2) is 4.06. The lowest BCUT2D eigenvalue weighted by molar-refractivity contribution is 1.05. The molecular weight excluding hydrogens is 214 g/mol. The Labute approximate surface area is 90.9 Å². The van der Waals surface area contributed by atoms with Crippen molar-refractivity contribution < 1.29 is 0 Å². The third kappa shape index (κ3) is 2.30. The number of rotatable bonds is 3. The van der Waals surface area contributed by atoms with Crippen LogP contribution < -0.4 is 5.32 Å². The zero-order valence-electron chi connectivity index (χ0n) is 8.07. The van der Waals surface area contributed by atoms with Crippen LogP contribution in [0.4, 0.5) is 5.13 Å². The van der Waals surface area contributed by atoms with E-state index in [4.69, 9.17) is 0 Å². The number of hydrogen-bond donors (Lipinski definition) is 1. The predicted octanol–water partition coefficient (Wildman–Crippen LogP) is 2.83. The first kappa shape index (κ1) is 9.61. The summed E-state index contributed by atoms with van der Waals surface area (Å²) in [7, 11) is 0. The van der Waals surface area contributed by atoms with E-state index in [0.29, 0.717) is 0 Å². The summed E-state index contributed by atoms with van der Waals surface area (Å²) in [4.78, 5) is 9.81. The van der Waals surface area contributed by atoms with E-state index >= 15 is 0 Å². The van der Waals surface area contributed by atoms with E-state index in [9.17, 15) is 0 Å². The minimum atomic E-state index is 0.761. The van der Waals surface area contributed by atoms with Crippen LogP contribution in [0.3, 0.4) is 0 Å². The Balaban J connectivity index is 1.94. The quantitative estimate of drug-likeness (QED) is 0.873. The summed E-state index contributed by atoms with van der Waals surface area (Å²) in [5.74, 6) is 0. The highest BCUT2D eigenvalue weighted by atomic mass is 32.1. The molecule has 2 aromatic heterocycles. The van der Waals surface area contributed by atoms with Crippen molar-refractivity contribution in [2.45, 2.75) is 20.4 Å². The fraction of sp³-hybridized carbons (Fsp3) is 0.333. The summed E-state index contributed by atoms with van der Waals surface area (Å²) < 4.78 is 0. The van der Waals surface area contributed by atoms with Crippen molar-refractivity contribution in [1.82, 2.24) is 9.97 Å². The van der Waals surface area contributed by atoms with E-state index in [1.165, 1.54) is 4.88 Å². The van der Waals surface area contributed by atoms with Crippen molar-refractivity contribution in [3.05, 3.63) is 27.2 Å². The molecule has 0 unspecified atom stereocenters. The molecule has 0 aliphatic rings. The minimum absolute atomic E-state index is 0.761. The van der Waals surface area contributed by atoms with Crippen LogP contribution in [0.25, 0.3) is 0 Å². The second-order valence-corrected chi connectivity index (χ2v) is 5.28. The van der Waals surface area contributed by atoms with Gasteiger partial charge in [0.1, 0.15) is 0 Å². The lowest BCUT2D eigenvalue weighted by Gasteiger charge is -1.97. The first-order valence-corrected chi connectivity index (χ1v) is 6.01. The third-order valence-electron chi connectivity index (χ3n) is 1.71. The molecule has 0 spiro atoms. The van der Waals surface area contributed by atoms with E-state index in [-0.39, 0.29) is 0 Å². The molecule has 3 nitrogen and oxygen atoms in total. The van der Waals surface area contributed by atoms with Gasteiger partial charge >= 0.3 is 0 Å². The monoisotopic (exact) mass is 225 g/mol. The van der Waals surface area contributed by atoms with Crippen LogP contribution in [0.15, 0.2) is 11.6 Å². The van der Waals surface area contributed by atoms with E-state index in [1.54, 1.807) is 22.7 Å². The Hall–Kier alpha value is -0.940. The Morgan fingerprint density at radius 2 is 2.29 bits per heavy atom. The summed E-state index contributed by atoms with van der Waals surface area (Å²) in [6.07, 6.45) is 1.87. The summed E-state index contributed by atoms with van der Waals surface area (Å²) in [5.41, 5.74) is 1.08. The molecular formula is C9H11N3S2. The van der Waals surface area contributed by atoms with Crippen LogP contribution in [-0.2, 0) is 6.54 Å². The largest absolute Gasteiger partial charge is 0.356 e. The Morgan fingerprint density at radius 1 is 1.43 bits per heavy atom. The van der Waals surface area contributed by atoms with Gasteiger partial charge in [-0.3, -0.25) is 0 Å². The molecule has 0 amide bonds. The van der Waals surface area contributed by atoms with E-state index in [2.05, 4.69) is 27.6 Å². The number of nitrogens with one attached hydrogen (secondary N) is 1. The Morgan fingerprint density at radius 3 is 2.86 bits per heavy atom. The normalized spacial score (nSPS) is 10.4. The summed E-state index contributed by atoms with van der Waals surface area (Å²) in [6, 6.07) is 0. The number of aromatic nitrogens is 2. The SMILES string of the molecule is Cc1cnc(NCc2csc(C)n2)s1. The van der Waals surface area contributed by atoms with Gasteiger partial charge < -0.3 is 5.32 Å². The molecule has 0 bridgehead atoms. The molecule has 0 atom stereocenters. The van der Waals surface area contributed by atoms with Crippen LogP contribution in [0.2, 0.25) is 0 Å². The lowest BCUT2D eigenvalue weighted by Crippen LogP contribution is -1.98. The third-order valence-corrected chi connectivity index (χ3v) is 3.40. The molecule has 0 saturated heterocycles. The highest BCUT2D eigenvalue weighted by Crippen LogP contribution is 2.17. The lowest BCUT2D eigenvalue weighted by atomic mass is 10.5. The number of aryl methyl sites for hydroxylation is 2. The van der Waals surface area contributed by atoms with E-state index in [1.807, 2.05) is 13.1 Å². The molecule has 0 fully saturated rings. The fourth-order valence-corrected chi connectivity index (χ4v) is 2.36. The van der Waals surface area contributed by atoms with Gasteiger partial charge in [-0.15, -0.1) is 22.7 Å². The van der Waals surface area contributed by atoms with Gasteiger partial charge in [0.15, 0.2) is 5.13 Å². The van der Waals surface area contributed by atoms with E-state index < -0.39 is 0 Å². The maximum Gasteiger partial charge on any atom is 0.183 e. The molecule has 14 heavy (non-hydrogen) atoms. The minimum Gasteiger partial charge on any atom is -0.356 e. The highest BCUT2D eigenvalue weighted by molar-refractivity contribution is 7.15. The van der Waals surface area contributed by atoms with Crippen molar-refractivity contribution >= 4 is 27.8 Å². The second-order valence-electron chi connectivity index (χ2n) is 2.99. The molecule has 74 valence electrons. The maximum atomic E-state index is 4.37. The number of nitrogens with zero attached hydrogens (tertiary/aromatic N) is 2. The molecule has 0 aromatic carbocycles. The maximum absolute atomic E-state index is 4.37. The van der Waals surface area contributed by atoms with Gasteiger partial charge in [0.2, 0.25) is 0 Å². The molecule has 2 heterocycles. The van der Waals surface area contributed by atoms with Gasteiger partial charge in [-0.25, -0.2) is 9.97 Å². The number of thiazole rings is 2. The van der Waals surface area contributed by atoms with E-state index in [0.717, 1.165) is 22.4 Å². The number of hydrogen-bond acceptors (Lipinski definition) is 5. The molecule has 2 aromatic rings. The fourth-order valence-electron chi connectivity index (χ4n) is 1.09. The van der Waals surface area contributed by atoms with Crippen molar-refractivity contribution in [2.75, 3.05) is 5.32 Å². The molecule has 5 heteroatoms. The first-order valence-electron chi connectivity index (χ1n) is 4.31. The van der Waals surface area contributed by atoms with Crippen molar-refractivity contribution in [3.8, 4) is 0 Å². The zero-order chi connectivity index (χ0) is 9.97. The Bertz CT molecular complexity index is 379. The average molecular weight is 225 g/mol. The average Bonchev–Trinajstić information content (AvgIpc) is 2.72. The van der Waals surface area contributed by atoms with Gasteiger partial charge in [0.05, 0.1) is 17.2 Å². The van der Waals surface area contributed by atoms with Crippen molar-refractivity contribution in [2.24, 2.45) is 0 Å². The summed E-state index contributed by atoms with van der Waals surface area (Å²) in [5, 5.41) is 7.39. The predicted molar refractivity (Wildman–Crippen MR) is 61.0 cm³/mol. The summed E-state index contributed by atoms with van der Waals surface area (Å²) >= 11 is 3.34. The highest BCUT2D eigenvalue weighted by Gasteiger charge is 2.00. The topological polar surface area (TPSA) is 37.8 Å². The van der Waals surface area contributed by atoms with Crippen LogP contribution in [0.5, 0.6) is 0 Å². The molecule has 0 aliphatic heterocycles.